The van der Waals surface area contributed by atoms with Gasteiger partial charge in [-0.1, -0.05) is 6.07 Å². The maximum Gasteiger partial charge on any atom is 0.416 e. The zero-order valence-corrected chi connectivity index (χ0v) is 12.8. The van der Waals surface area contributed by atoms with E-state index < -0.39 is 17.6 Å². The molecule has 0 fully saturated rings. The Morgan fingerprint density at radius 1 is 1.14 bits per heavy atom. The molecule has 7 heteroatoms. The van der Waals surface area contributed by atoms with Gasteiger partial charge in [-0.15, -0.1) is 0 Å². The summed E-state index contributed by atoms with van der Waals surface area (Å²) in [6.45, 7) is 4.49. The number of hydrogen-bond donors (Lipinski definition) is 0. The molecule has 2 amide bonds. The summed E-state index contributed by atoms with van der Waals surface area (Å²) in [5.74, 6) is -0.862. The van der Waals surface area contributed by atoms with Crippen molar-refractivity contribution < 1.29 is 22.8 Å². The number of rotatable bonds is 5. The molecule has 0 N–H and O–H groups in total. The highest BCUT2D eigenvalue weighted by atomic mass is 19.4. The highest BCUT2D eigenvalue weighted by Gasteiger charge is 2.31. The number of nitrogens with zero attached hydrogens (tertiary/aromatic N) is 2. The maximum atomic E-state index is 12.7. The van der Waals surface area contributed by atoms with Gasteiger partial charge in [0.05, 0.1) is 12.1 Å². The van der Waals surface area contributed by atoms with E-state index in [0.29, 0.717) is 13.1 Å². The van der Waals surface area contributed by atoms with Crippen LogP contribution in [0.3, 0.4) is 0 Å². The van der Waals surface area contributed by atoms with Crippen LogP contribution >= 0.6 is 0 Å². The summed E-state index contributed by atoms with van der Waals surface area (Å²) in [7, 11) is 1.39. The lowest BCUT2D eigenvalue weighted by atomic mass is 10.1. The van der Waals surface area contributed by atoms with Crippen LogP contribution in [-0.4, -0.2) is 48.3 Å². The minimum atomic E-state index is -4.51. The number of halogens is 3. The minimum absolute atomic E-state index is 0.0929. The van der Waals surface area contributed by atoms with Gasteiger partial charge in [0.25, 0.3) is 5.91 Å². The Morgan fingerprint density at radius 3 is 2.23 bits per heavy atom. The Kier molecular flexibility index (Phi) is 5.96. The van der Waals surface area contributed by atoms with Crippen molar-refractivity contribution in [3.8, 4) is 0 Å². The number of alkyl halides is 3. The third-order valence-corrected chi connectivity index (χ3v) is 3.27. The molecule has 0 aromatic heterocycles. The molecule has 0 saturated heterocycles. The van der Waals surface area contributed by atoms with E-state index >= 15 is 0 Å². The Balaban J connectivity index is 2.85. The van der Waals surface area contributed by atoms with Crippen molar-refractivity contribution in [2.24, 2.45) is 0 Å². The molecule has 0 radical (unpaired) electrons. The van der Waals surface area contributed by atoms with E-state index in [0.717, 1.165) is 17.0 Å². The summed E-state index contributed by atoms with van der Waals surface area (Å²) >= 11 is 0. The predicted molar refractivity (Wildman–Crippen MR) is 76.3 cm³/mol. The molecule has 0 aliphatic carbocycles. The first-order valence-corrected chi connectivity index (χ1v) is 6.91. The number of carbonyl (C=O) groups is 2. The number of amides is 2. The van der Waals surface area contributed by atoms with Gasteiger partial charge in [-0.3, -0.25) is 9.59 Å². The van der Waals surface area contributed by atoms with Crippen molar-refractivity contribution in [3.05, 3.63) is 35.4 Å². The van der Waals surface area contributed by atoms with Crippen LogP contribution in [0.25, 0.3) is 0 Å². The Morgan fingerprint density at radius 2 is 1.73 bits per heavy atom. The summed E-state index contributed by atoms with van der Waals surface area (Å²) in [6.07, 6.45) is -4.51. The van der Waals surface area contributed by atoms with Crippen LogP contribution in [-0.2, 0) is 11.0 Å². The van der Waals surface area contributed by atoms with Gasteiger partial charge in [-0.2, -0.15) is 13.2 Å². The van der Waals surface area contributed by atoms with E-state index in [1.54, 1.807) is 4.90 Å². The highest BCUT2D eigenvalue weighted by molar-refractivity contribution is 5.96. The van der Waals surface area contributed by atoms with E-state index in [2.05, 4.69) is 0 Å². The van der Waals surface area contributed by atoms with Crippen LogP contribution in [0.2, 0.25) is 0 Å². The van der Waals surface area contributed by atoms with Crippen molar-refractivity contribution in [2.45, 2.75) is 20.0 Å². The van der Waals surface area contributed by atoms with Crippen molar-refractivity contribution in [1.82, 2.24) is 9.80 Å². The van der Waals surface area contributed by atoms with Crippen LogP contribution in [0.1, 0.15) is 29.8 Å². The molecular formula is C15H19F3N2O2. The first kappa shape index (κ1) is 18.0. The molecule has 0 aliphatic heterocycles. The molecule has 0 heterocycles. The van der Waals surface area contributed by atoms with Crippen molar-refractivity contribution >= 4 is 11.8 Å². The van der Waals surface area contributed by atoms with Gasteiger partial charge in [-0.25, -0.2) is 0 Å². The number of carbonyl (C=O) groups excluding carboxylic acids is 2. The topological polar surface area (TPSA) is 40.6 Å². The van der Waals surface area contributed by atoms with Gasteiger partial charge >= 0.3 is 6.18 Å². The number of hydrogen-bond acceptors (Lipinski definition) is 2. The van der Waals surface area contributed by atoms with Gasteiger partial charge in [-0.05, 0) is 32.0 Å². The lowest BCUT2D eigenvalue weighted by Crippen LogP contribution is -2.41. The lowest BCUT2D eigenvalue weighted by Gasteiger charge is -2.23. The van der Waals surface area contributed by atoms with Crippen LogP contribution in [0.15, 0.2) is 24.3 Å². The minimum Gasteiger partial charge on any atom is -0.342 e. The molecule has 0 unspecified atom stereocenters. The molecule has 122 valence electrons. The van der Waals surface area contributed by atoms with E-state index in [1.807, 2.05) is 13.8 Å². The Bertz CT molecular complexity index is 540. The molecule has 0 bridgehead atoms. The van der Waals surface area contributed by atoms with E-state index in [9.17, 15) is 22.8 Å². The van der Waals surface area contributed by atoms with Gasteiger partial charge < -0.3 is 9.80 Å². The summed E-state index contributed by atoms with van der Waals surface area (Å²) in [4.78, 5) is 26.7. The monoisotopic (exact) mass is 316 g/mol. The molecule has 0 atom stereocenters. The van der Waals surface area contributed by atoms with Crippen molar-refractivity contribution in [1.29, 1.82) is 0 Å². The second-order valence-corrected chi connectivity index (χ2v) is 4.81. The second-order valence-electron chi connectivity index (χ2n) is 4.81. The van der Waals surface area contributed by atoms with Crippen molar-refractivity contribution in [3.63, 3.8) is 0 Å². The zero-order chi connectivity index (χ0) is 16.9. The van der Waals surface area contributed by atoms with Gasteiger partial charge in [0.1, 0.15) is 0 Å². The zero-order valence-electron chi connectivity index (χ0n) is 12.8. The summed E-state index contributed by atoms with van der Waals surface area (Å²) < 4.78 is 38.0. The first-order valence-electron chi connectivity index (χ1n) is 6.91. The van der Waals surface area contributed by atoms with Crippen molar-refractivity contribution in [2.75, 3.05) is 26.7 Å². The molecule has 0 aliphatic rings. The fourth-order valence-corrected chi connectivity index (χ4v) is 2.00. The van der Waals surface area contributed by atoms with E-state index in [4.69, 9.17) is 0 Å². The summed E-state index contributed by atoms with van der Waals surface area (Å²) in [5.41, 5.74) is -0.980. The smallest absolute Gasteiger partial charge is 0.342 e. The normalized spacial score (nSPS) is 11.2. The molecule has 1 aromatic rings. The Hall–Kier alpha value is -2.05. The van der Waals surface area contributed by atoms with Crippen LogP contribution < -0.4 is 0 Å². The fourth-order valence-electron chi connectivity index (χ4n) is 2.00. The van der Waals surface area contributed by atoms with E-state index in [1.165, 1.54) is 19.2 Å². The van der Waals surface area contributed by atoms with E-state index in [-0.39, 0.29) is 18.0 Å². The SMILES string of the molecule is CCN(CC)C(=O)CN(C)C(=O)c1cccc(C(F)(F)F)c1. The quantitative estimate of drug-likeness (QED) is 0.838. The third-order valence-electron chi connectivity index (χ3n) is 3.27. The number of benzene rings is 1. The van der Waals surface area contributed by atoms with Gasteiger partial charge in [0, 0.05) is 25.7 Å². The van der Waals surface area contributed by atoms with Crippen LogP contribution in [0, 0.1) is 0 Å². The standard InChI is InChI=1S/C15H19F3N2O2/c1-4-20(5-2)13(21)10-19(3)14(22)11-7-6-8-12(9-11)15(16,17)18/h6-9H,4-5,10H2,1-3H3. The second kappa shape index (κ2) is 7.29. The molecule has 4 nitrogen and oxygen atoms in total. The average Bonchev–Trinajstić information content (AvgIpc) is 2.46. The third kappa shape index (κ3) is 4.47. The van der Waals surface area contributed by atoms with Gasteiger partial charge in [0.2, 0.25) is 5.91 Å². The molecule has 1 rings (SSSR count). The van der Waals surface area contributed by atoms with Crippen LogP contribution in [0.5, 0.6) is 0 Å². The Labute approximate surface area is 127 Å². The molecule has 22 heavy (non-hydrogen) atoms. The molecule has 0 saturated carbocycles. The highest BCUT2D eigenvalue weighted by Crippen LogP contribution is 2.29. The number of likely N-dealkylation sites (N-methyl/N-ethyl adjacent to an activating group) is 2. The predicted octanol–water partition coefficient (Wildman–Crippen LogP) is 2.65. The molecule has 1 aromatic carbocycles. The largest absolute Gasteiger partial charge is 0.416 e. The molecular weight excluding hydrogens is 297 g/mol. The fraction of sp³-hybridized carbons (Fsp3) is 0.467. The van der Waals surface area contributed by atoms with Crippen LogP contribution in [0.4, 0.5) is 13.2 Å². The lowest BCUT2D eigenvalue weighted by molar-refractivity contribution is -0.137. The summed E-state index contributed by atoms with van der Waals surface area (Å²) in [6, 6.07) is 4.17. The summed E-state index contributed by atoms with van der Waals surface area (Å²) in [5, 5.41) is 0. The first-order chi connectivity index (χ1) is 10.2. The maximum absolute atomic E-state index is 12.7. The van der Waals surface area contributed by atoms with Gasteiger partial charge in [0.15, 0.2) is 0 Å². The molecule has 0 spiro atoms. The average molecular weight is 316 g/mol.